The zero-order valence-corrected chi connectivity index (χ0v) is 15.5. The van der Waals surface area contributed by atoms with Crippen molar-refractivity contribution in [2.45, 2.75) is 49.6 Å². The van der Waals surface area contributed by atoms with E-state index in [1.807, 2.05) is 20.9 Å². The first-order valence-electron chi connectivity index (χ1n) is 7.81. The van der Waals surface area contributed by atoms with Crippen LogP contribution in [-0.4, -0.2) is 44.5 Å². The molecular formula is C16H25ClN2O3S. The van der Waals surface area contributed by atoms with Gasteiger partial charge in [-0.2, -0.15) is 4.31 Å². The monoisotopic (exact) mass is 360 g/mol. The second kappa shape index (κ2) is 6.59. The summed E-state index contributed by atoms with van der Waals surface area (Å²) in [6.07, 6.45) is 2.66. The zero-order chi connectivity index (χ0) is 16.0. The minimum absolute atomic E-state index is 0. The summed E-state index contributed by atoms with van der Waals surface area (Å²) in [5, 5.41) is 3.18. The lowest BCUT2D eigenvalue weighted by molar-refractivity contribution is 0.138. The molecule has 1 aromatic carbocycles. The van der Waals surface area contributed by atoms with E-state index in [9.17, 15) is 8.42 Å². The molecule has 0 saturated carbocycles. The van der Waals surface area contributed by atoms with Crippen molar-refractivity contribution < 1.29 is 13.2 Å². The van der Waals surface area contributed by atoms with E-state index in [2.05, 4.69) is 5.32 Å². The molecule has 1 fully saturated rings. The molecule has 2 heterocycles. The van der Waals surface area contributed by atoms with E-state index in [0.29, 0.717) is 18.0 Å². The second-order valence-electron chi connectivity index (χ2n) is 6.80. The number of halogens is 1. The lowest BCUT2D eigenvalue weighted by atomic mass is 10.0. The van der Waals surface area contributed by atoms with E-state index < -0.39 is 10.0 Å². The number of rotatable bonds is 3. The molecule has 5 nitrogen and oxygen atoms in total. The smallest absolute Gasteiger partial charge is 0.243 e. The number of nitrogens with zero attached hydrogens (tertiary/aromatic N) is 1. The van der Waals surface area contributed by atoms with Crippen LogP contribution in [-0.2, 0) is 16.4 Å². The maximum absolute atomic E-state index is 12.9. The van der Waals surface area contributed by atoms with E-state index in [1.165, 1.54) is 0 Å². The van der Waals surface area contributed by atoms with Gasteiger partial charge < -0.3 is 10.1 Å². The van der Waals surface area contributed by atoms with Crippen molar-refractivity contribution in [2.24, 2.45) is 0 Å². The zero-order valence-electron chi connectivity index (χ0n) is 13.8. The Morgan fingerprint density at radius 2 is 2.09 bits per heavy atom. The Hall–Kier alpha value is -0.820. The maximum Gasteiger partial charge on any atom is 0.243 e. The molecule has 0 spiro atoms. The topological polar surface area (TPSA) is 58.6 Å². The SMILES string of the molecule is CNC1CCCN(S(=O)(=O)c2ccc3c(c2)CC(C)(C)O3)C1.Cl. The Bertz CT molecular complexity index is 676. The highest BCUT2D eigenvalue weighted by Gasteiger charge is 2.33. The average molecular weight is 361 g/mol. The number of hydrogen-bond acceptors (Lipinski definition) is 4. The summed E-state index contributed by atoms with van der Waals surface area (Å²) >= 11 is 0. The molecule has 2 aliphatic heterocycles. The van der Waals surface area contributed by atoms with Gasteiger partial charge in [-0.1, -0.05) is 0 Å². The first-order chi connectivity index (χ1) is 10.3. The van der Waals surface area contributed by atoms with Gasteiger partial charge in [0.25, 0.3) is 0 Å². The quantitative estimate of drug-likeness (QED) is 0.897. The molecule has 3 rings (SSSR count). The third-order valence-corrected chi connectivity index (χ3v) is 6.33. The van der Waals surface area contributed by atoms with Crippen molar-refractivity contribution in [3.05, 3.63) is 23.8 Å². The highest BCUT2D eigenvalue weighted by Crippen LogP contribution is 2.36. The molecule has 2 aliphatic rings. The van der Waals surface area contributed by atoms with Crippen LogP contribution in [0, 0.1) is 0 Å². The molecule has 0 bridgehead atoms. The van der Waals surface area contributed by atoms with Crippen molar-refractivity contribution in [2.75, 3.05) is 20.1 Å². The maximum atomic E-state index is 12.9. The Kier molecular flexibility index (Phi) is 5.31. The molecule has 1 unspecified atom stereocenters. The average Bonchev–Trinajstić information content (AvgIpc) is 2.80. The summed E-state index contributed by atoms with van der Waals surface area (Å²) in [6, 6.07) is 5.47. The van der Waals surface area contributed by atoms with Crippen LogP contribution in [0.15, 0.2) is 23.1 Å². The Morgan fingerprint density at radius 1 is 1.35 bits per heavy atom. The fraction of sp³-hybridized carbons (Fsp3) is 0.625. The van der Waals surface area contributed by atoms with Crippen LogP contribution in [0.25, 0.3) is 0 Å². The van der Waals surface area contributed by atoms with Crippen LogP contribution in [0.5, 0.6) is 5.75 Å². The first-order valence-corrected chi connectivity index (χ1v) is 9.25. The summed E-state index contributed by atoms with van der Waals surface area (Å²) in [5.74, 6) is 0.802. The Labute approximate surface area is 144 Å². The summed E-state index contributed by atoms with van der Waals surface area (Å²) in [7, 11) is -1.54. The summed E-state index contributed by atoms with van der Waals surface area (Å²) in [6.45, 7) is 5.17. The van der Waals surface area contributed by atoms with Crippen molar-refractivity contribution in [1.82, 2.24) is 9.62 Å². The number of likely N-dealkylation sites (N-methyl/N-ethyl adjacent to an activating group) is 1. The van der Waals surface area contributed by atoms with E-state index in [0.717, 1.165) is 30.6 Å². The van der Waals surface area contributed by atoms with E-state index in [1.54, 1.807) is 22.5 Å². The largest absolute Gasteiger partial charge is 0.487 e. The molecule has 0 aromatic heterocycles. The fourth-order valence-electron chi connectivity index (χ4n) is 3.29. The van der Waals surface area contributed by atoms with Crippen LogP contribution in [0.4, 0.5) is 0 Å². The summed E-state index contributed by atoms with van der Waals surface area (Å²) < 4.78 is 33.2. The van der Waals surface area contributed by atoms with Gasteiger partial charge in [0.15, 0.2) is 0 Å². The van der Waals surface area contributed by atoms with Crippen molar-refractivity contribution >= 4 is 22.4 Å². The van der Waals surface area contributed by atoms with Crippen LogP contribution in [0.2, 0.25) is 0 Å². The van der Waals surface area contributed by atoms with Gasteiger partial charge in [-0.15, -0.1) is 12.4 Å². The highest BCUT2D eigenvalue weighted by molar-refractivity contribution is 7.89. The van der Waals surface area contributed by atoms with Gasteiger partial charge in [-0.25, -0.2) is 8.42 Å². The van der Waals surface area contributed by atoms with Gasteiger partial charge in [-0.3, -0.25) is 0 Å². The van der Waals surface area contributed by atoms with Crippen molar-refractivity contribution in [3.63, 3.8) is 0 Å². The second-order valence-corrected chi connectivity index (χ2v) is 8.74. The van der Waals surface area contributed by atoms with Gasteiger partial charge >= 0.3 is 0 Å². The van der Waals surface area contributed by atoms with E-state index in [-0.39, 0.29) is 24.0 Å². The normalized spacial score (nSPS) is 23.7. The molecule has 7 heteroatoms. The van der Waals surface area contributed by atoms with Crippen molar-refractivity contribution in [3.8, 4) is 5.75 Å². The minimum Gasteiger partial charge on any atom is -0.487 e. The van der Waals surface area contributed by atoms with Gasteiger partial charge in [0.1, 0.15) is 11.4 Å². The van der Waals surface area contributed by atoms with Crippen LogP contribution >= 0.6 is 12.4 Å². The van der Waals surface area contributed by atoms with Crippen molar-refractivity contribution in [1.29, 1.82) is 0 Å². The minimum atomic E-state index is -3.43. The summed E-state index contributed by atoms with van der Waals surface area (Å²) in [4.78, 5) is 0.379. The third-order valence-electron chi connectivity index (χ3n) is 4.46. The predicted octanol–water partition coefficient (Wildman–Crippen LogP) is 2.19. The first kappa shape index (κ1) is 18.5. The number of piperidine rings is 1. The molecule has 0 radical (unpaired) electrons. The number of sulfonamides is 1. The molecule has 1 N–H and O–H groups in total. The summed E-state index contributed by atoms with van der Waals surface area (Å²) in [5.41, 5.74) is 0.723. The van der Waals surface area contributed by atoms with Gasteiger partial charge in [0.05, 0.1) is 4.90 Å². The Balaban J connectivity index is 0.00000192. The lowest BCUT2D eigenvalue weighted by Crippen LogP contribution is -2.46. The molecular weight excluding hydrogens is 336 g/mol. The Morgan fingerprint density at radius 3 is 2.78 bits per heavy atom. The molecule has 0 amide bonds. The third kappa shape index (κ3) is 3.65. The molecule has 1 aromatic rings. The molecule has 1 saturated heterocycles. The molecule has 0 aliphatic carbocycles. The number of benzene rings is 1. The van der Waals surface area contributed by atoms with Crippen LogP contribution in [0.3, 0.4) is 0 Å². The predicted molar refractivity (Wildman–Crippen MR) is 92.9 cm³/mol. The number of ether oxygens (including phenoxy) is 1. The number of fused-ring (bicyclic) bond motifs is 1. The highest BCUT2D eigenvalue weighted by atomic mass is 35.5. The van der Waals surface area contributed by atoms with E-state index in [4.69, 9.17) is 4.74 Å². The van der Waals surface area contributed by atoms with Gasteiger partial charge in [0, 0.05) is 25.6 Å². The lowest BCUT2D eigenvalue weighted by Gasteiger charge is -2.31. The van der Waals surface area contributed by atoms with E-state index >= 15 is 0 Å². The molecule has 130 valence electrons. The molecule has 1 atom stereocenters. The van der Waals surface area contributed by atoms with Gasteiger partial charge in [0.2, 0.25) is 10.0 Å². The fourth-order valence-corrected chi connectivity index (χ4v) is 4.87. The standard InChI is InChI=1S/C16H24N2O3S.ClH/c1-16(2)10-12-9-14(6-7-15(12)21-16)22(19,20)18-8-4-5-13(11-18)17-3;/h6-7,9,13,17H,4-5,8,10-11H2,1-3H3;1H. The van der Waals surface area contributed by atoms with Gasteiger partial charge in [-0.05, 0) is 57.5 Å². The van der Waals surface area contributed by atoms with Crippen LogP contribution in [0.1, 0.15) is 32.3 Å². The number of nitrogens with one attached hydrogen (secondary N) is 1. The number of hydrogen-bond donors (Lipinski definition) is 1. The van der Waals surface area contributed by atoms with Crippen LogP contribution < -0.4 is 10.1 Å². The molecule has 23 heavy (non-hydrogen) atoms.